The fourth-order valence-electron chi connectivity index (χ4n) is 2.62. The predicted octanol–water partition coefficient (Wildman–Crippen LogP) is 3.99. The molecule has 0 bridgehead atoms. The van der Waals surface area contributed by atoms with Crippen molar-refractivity contribution in [1.82, 2.24) is 5.16 Å². The summed E-state index contributed by atoms with van der Waals surface area (Å²) in [7, 11) is 0. The molecule has 0 radical (unpaired) electrons. The number of aryl methyl sites for hydroxylation is 3. The summed E-state index contributed by atoms with van der Waals surface area (Å²) < 4.78 is 5.23. The standard InChI is InChI=1S/C18H16ClN3O2/c1-10-8-11(2)20-15(9-10)21-18(23)16-12(3)24-22-17(16)13-6-4-5-7-14(13)19/h4-9H,1-3H3,(H,20,21,23)/p+1. The van der Waals surface area contributed by atoms with Crippen LogP contribution in [0.25, 0.3) is 11.3 Å². The van der Waals surface area contributed by atoms with Crippen molar-refractivity contribution in [1.29, 1.82) is 0 Å². The number of rotatable bonds is 3. The molecular weight excluding hydrogens is 326 g/mol. The van der Waals surface area contributed by atoms with Crippen molar-refractivity contribution in [2.45, 2.75) is 20.8 Å². The van der Waals surface area contributed by atoms with Crippen LogP contribution in [0.5, 0.6) is 0 Å². The molecule has 0 atom stereocenters. The molecule has 0 spiro atoms. The normalized spacial score (nSPS) is 10.7. The Morgan fingerprint density at radius 1 is 1.21 bits per heavy atom. The first kappa shape index (κ1) is 16.2. The Balaban J connectivity index is 1.99. The molecule has 1 aromatic carbocycles. The number of carbonyl (C=O) groups is 1. The summed E-state index contributed by atoms with van der Waals surface area (Å²) in [6.07, 6.45) is 0. The fourth-order valence-corrected chi connectivity index (χ4v) is 2.85. The predicted molar refractivity (Wildman–Crippen MR) is 92.1 cm³/mol. The average Bonchev–Trinajstić information content (AvgIpc) is 2.88. The second-order valence-corrected chi connectivity index (χ2v) is 6.06. The highest BCUT2D eigenvalue weighted by Gasteiger charge is 2.26. The maximum Gasteiger partial charge on any atom is 0.344 e. The van der Waals surface area contributed by atoms with E-state index >= 15 is 0 Å². The fraction of sp³-hybridized carbons (Fsp3) is 0.167. The summed E-state index contributed by atoms with van der Waals surface area (Å²) in [4.78, 5) is 15.9. The minimum Gasteiger partial charge on any atom is -0.360 e. The molecule has 0 fully saturated rings. The maximum atomic E-state index is 12.7. The highest BCUT2D eigenvalue weighted by molar-refractivity contribution is 6.33. The molecule has 5 nitrogen and oxygen atoms in total. The Morgan fingerprint density at radius 3 is 2.67 bits per heavy atom. The van der Waals surface area contributed by atoms with Gasteiger partial charge in [-0.3, -0.25) is 0 Å². The second-order valence-electron chi connectivity index (χ2n) is 5.65. The number of nitrogens with one attached hydrogen (secondary N) is 2. The van der Waals surface area contributed by atoms with Crippen LogP contribution >= 0.6 is 11.6 Å². The summed E-state index contributed by atoms with van der Waals surface area (Å²) in [6, 6.07) is 11.1. The minimum atomic E-state index is -0.301. The van der Waals surface area contributed by atoms with Gasteiger partial charge in [-0.25, -0.2) is 15.1 Å². The van der Waals surface area contributed by atoms with Crippen LogP contribution in [0, 0.1) is 20.8 Å². The number of amides is 1. The van der Waals surface area contributed by atoms with Gasteiger partial charge in [0.15, 0.2) is 0 Å². The van der Waals surface area contributed by atoms with Crippen LogP contribution in [-0.2, 0) is 0 Å². The van der Waals surface area contributed by atoms with Crippen molar-refractivity contribution in [2.24, 2.45) is 0 Å². The quantitative estimate of drug-likeness (QED) is 0.782. The number of benzene rings is 1. The van der Waals surface area contributed by atoms with E-state index in [1.807, 2.05) is 38.1 Å². The Kier molecular flexibility index (Phi) is 4.36. The molecule has 0 unspecified atom stereocenters. The molecular formula is C18H17ClN3O2+. The lowest BCUT2D eigenvalue weighted by atomic mass is 10.1. The van der Waals surface area contributed by atoms with Gasteiger partial charge in [0.1, 0.15) is 17.0 Å². The SMILES string of the molecule is Cc1cc(C)[nH+]c(NC(=O)c2c(-c3ccccc3Cl)noc2C)c1. The molecule has 122 valence electrons. The van der Waals surface area contributed by atoms with E-state index in [2.05, 4.69) is 15.5 Å². The third-order valence-electron chi connectivity index (χ3n) is 3.61. The molecule has 6 heteroatoms. The lowest BCUT2D eigenvalue weighted by molar-refractivity contribution is -0.370. The van der Waals surface area contributed by atoms with Gasteiger partial charge in [-0.1, -0.05) is 35.0 Å². The first-order valence-electron chi connectivity index (χ1n) is 7.49. The van der Waals surface area contributed by atoms with Crippen molar-refractivity contribution in [3.05, 3.63) is 64.0 Å². The average molecular weight is 343 g/mol. The van der Waals surface area contributed by atoms with Crippen LogP contribution in [0.1, 0.15) is 27.4 Å². The van der Waals surface area contributed by atoms with E-state index in [1.54, 1.807) is 19.1 Å². The highest BCUT2D eigenvalue weighted by atomic mass is 35.5. The molecule has 24 heavy (non-hydrogen) atoms. The zero-order valence-corrected chi connectivity index (χ0v) is 14.4. The first-order valence-corrected chi connectivity index (χ1v) is 7.86. The van der Waals surface area contributed by atoms with Gasteiger partial charge < -0.3 is 4.52 Å². The number of aromatic nitrogens is 2. The number of halogens is 1. The monoisotopic (exact) mass is 342 g/mol. The Labute approximate surface area is 144 Å². The summed E-state index contributed by atoms with van der Waals surface area (Å²) in [5.74, 6) is 0.750. The molecule has 2 aromatic heterocycles. The molecule has 3 rings (SSSR count). The molecule has 1 amide bonds. The van der Waals surface area contributed by atoms with E-state index in [4.69, 9.17) is 16.1 Å². The van der Waals surface area contributed by atoms with Gasteiger partial charge in [0, 0.05) is 11.6 Å². The first-order chi connectivity index (χ1) is 11.5. The lowest BCUT2D eigenvalue weighted by Crippen LogP contribution is -2.22. The second kappa shape index (κ2) is 6.45. The van der Waals surface area contributed by atoms with Crippen molar-refractivity contribution in [2.75, 3.05) is 5.32 Å². The third kappa shape index (κ3) is 3.16. The smallest absolute Gasteiger partial charge is 0.344 e. The van der Waals surface area contributed by atoms with Gasteiger partial charge in [-0.05, 0) is 38.5 Å². The summed E-state index contributed by atoms with van der Waals surface area (Å²) in [5, 5.41) is 7.38. The lowest BCUT2D eigenvalue weighted by Gasteiger charge is -2.03. The van der Waals surface area contributed by atoms with E-state index in [1.165, 1.54) is 0 Å². The van der Waals surface area contributed by atoms with Gasteiger partial charge >= 0.3 is 5.91 Å². The molecule has 3 aromatic rings. The number of carbonyl (C=O) groups excluding carboxylic acids is 1. The van der Waals surface area contributed by atoms with Crippen LogP contribution in [0.2, 0.25) is 5.02 Å². The molecule has 0 saturated carbocycles. The summed E-state index contributed by atoms with van der Waals surface area (Å²) in [6.45, 7) is 5.60. The number of hydrogen-bond acceptors (Lipinski definition) is 3. The molecule has 2 heterocycles. The van der Waals surface area contributed by atoms with Gasteiger partial charge in [-0.15, -0.1) is 0 Å². The number of anilines is 1. The van der Waals surface area contributed by atoms with Crippen LogP contribution in [0.15, 0.2) is 40.9 Å². The summed E-state index contributed by atoms with van der Waals surface area (Å²) in [5.41, 5.74) is 3.47. The van der Waals surface area contributed by atoms with Crippen molar-refractivity contribution in [3.8, 4) is 11.3 Å². The largest absolute Gasteiger partial charge is 0.360 e. The zero-order chi connectivity index (χ0) is 17.3. The van der Waals surface area contributed by atoms with E-state index in [0.29, 0.717) is 33.4 Å². The molecule has 0 aliphatic heterocycles. The highest BCUT2D eigenvalue weighted by Crippen LogP contribution is 2.31. The van der Waals surface area contributed by atoms with Gasteiger partial charge in [0.2, 0.25) is 0 Å². The number of aromatic amines is 1. The molecule has 0 saturated heterocycles. The molecule has 0 aliphatic carbocycles. The van der Waals surface area contributed by atoms with Crippen molar-refractivity contribution < 1.29 is 14.3 Å². The zero-order valence-electron chi connectivity index (χ0n) is 13.6. The topological polar surface area (TPSA) is 69.3 Å². The van der Waals surface area contributed by atoms with E-state index in [0.717, 1.165) is 11.3 Å². The maximum absolute atomic E-state index is 12.7. The summed E-state index contributed by atoms with van der Waals surface area (Å²) >= 11 is 6.23. The van der Waals surface area contributed by atoms with Crippen LogP contribution < -0.4 is 10.3 Å². The van der Waals surface area contributed by atoms with Crippen molar-refractivity contribution >= 4 is 23.3 Å². The van der Waals surface area contributed by atoms with Crippen LogP contribution in [0.3, 0.4) is 0 Å². The van der Waals surface area contributed by atoms with Gasteiger partial charge in [0.25, 0.3) is 5.82 Å². The Morgan fingerprint density at radius 2 is 1.96 bits per heavy atom. The number of nitrogens with zero attached hydrogens (tertiary/aromatic N) is 1. The third-order valence-corrected chi connectivity index (χ3v) is 3.94. The Bertz CT molecular complexity index is 898. The number of hydrogen-bond donors (Lipinski definition) is 1. The van der Waals surface area contributed by atoms with E-state index in [9.17, 15) is 4.79 Å². The number of pyridine rings is 1. The van der Waals surface area contributed by atoms with Crippen molar-refractivity contribution in [3.63, 3.8) is 0 Å². The Hall–Kier alpha value is -2.66. The minimum absolute atomic E-state index is 0.301. The van der Waals surface area contributed by atoms with E-state index in [-0.39, 0.29) is 5.91 Å². The van der Waals surface area contributed by atoms with Crippen LogP contribution in [0.4, 0.5) is 5.82 Å². The molecule has 2 N–H and O–H groups in total. The van der Waals surface area contributed by atoms with Crippen LogP contribution in [-0.4, -0.2) is 11.1 Å². The number of H-pyrrole nitrogens is 1. The van der Waals surface area contributed by atoms with E-state index < -0.39 is 0 Å². The molecule has 0 aliphatic rings. The van der Waals surface area contributed by atoms with Gasteiger partial charge in [0.05, 0.1) is 10.7 Å². The van der Waals surface area contributed by atoms with Gasteiger partial charge in [-0.2, -0.15) is 0 Å².